The molecule has 0 unspecified atom stereocenters. The summed E-state index contributed by atoms with van der Waals surface area (Å²) in [5, 5.41) is 0.733. The number of hydrogen-bond acceptors (Lipinski definition) is 7. The Balaban J connectivity index is 1.44. The first kappa shape index (κ1) is 28.5. The monoisotopic (exact) mass is 600 g/mol. The van der Waals surface area contributed by atoms with E-state index in [-0.39, 0.29) is 23.0 Å². The lowest BCUT2D eigenvalue weighted by molar-refractivity contribution is -0.129. The van der Waals surface area contributed by atoms with Crippen molar-refractivity contribution in [2.45, 2.75) is 61.5 Å². The number of nitrogens with one attached hydrogen (secondary N) is 1. The summed E-state index contributed by atoms with van der Waals surface area (Å²) < 4.78 is 46.9. The first-order valence-electron chi connectivity index (χ1n) is 14.4. The number of nitrogens with zero attached hydrogens (tertiary/aromatic N) is 1. The quantitative estimate of drug-likeness (QED) is 0.477. The van der Waals surface area contributed by atoms with Crippen molar-refractivity contribution in [2.75, 3.05) is 38.3 Å². The van der Waals surface area contributed by atoms with Gasteiger partial charge in [0.05, 0.1) is 29.9 Å². The molecule has 1 saturated carbocycles. The highest BCUT2D eigenvalue weighted by molar-refractivity contribution is 7.90. The van der Waals surface area contributed by atoms with E-state index in [9.17, 15) is 13.2 Å². The molecule has 1 spiro atoms. The number of carbonyl (C=O) groups is 1. The van der Waals surface area contributed by atoms with Crippen LogP contribution < -0.4 is 14.4 Å². The van der Waals surface area contributed by atoms with Crippen LogP contribution >= 0.6 is 11.6 Å². The molecule has 0 saturated heterocycles. The molecule has 220 valence electrons. The molecule has 2 aliphatic heterocycles. The van der Waals surface area contributed by atoms with Crippen LogP contribution in [0.4, 0.5) is 5.69 Å². The number of aryl methyl sites for hydroxylation is 1. The van der Waals surface area contributed by atoms with E-state index >= 15 is 0 Å². The van der Waals surface area contributed by atoms with Crippen LogP contribution in [-0.4, -0.2) is 59.9 Å². The average Bonchev–Trinajstić information content (AvgIpc) is 3.08. The topological polar surface area (TPSA) is 94.2 Å². The van der Waals surface area contributed by atoms with Crippen LogP contribution in [0.15, 0.2) is 53.4 Å². The molecule has 2 aromatic rings. The maximum absolute atomic E-state index is 13.3. The second-order valence-corrected chi connectivity index (χ2v) is 13.9. The highest BCUT2D eigenvalue weighted by Crippen LogP contribution is 2.47. The summed E-state index contributed by atoms with van der Waals surface area (Å²) in [5.41, 5.74) is 2.97. The molecule has 8 nitrogen and oxygen atoms in total. The van der Waals surface area contributed by atoms with Crippen molar-refractivity contribution in [3.05, 3.63) is 64.7 Å². The van der Waals surface area contributed by atoms with Gasteiger partial charge >= 0.3 is 0 Å². The van der Waals surface area contributed by atoms with Crippen molar-refractivity contribution in [1.29, 1.82) is 0 Å². The van der Waals surface area contributed by atoms with Crippen LogP contribution in [0.5, 0.6) is 5.75 Å². The third-order valence-corrected chi connectivity index (χ3v) is 10.9. The highest BCUT2D eigenvalue weighted by atomic mass is 35.5. The van der Waals surface area contributed by atoms with Gasteiger partial charge in [0.15, 0.2) is 0 Å². The minimum Gasteiger partial charge on any atom is -0.490 e. The number of carbonyl (C=O) groups excluding carboxylic acids is 1. The van der Waals surface area contributed by atoms with Crippen LogP contribution in [0.1, 0.15) is 43.7 Å². The van der Waals surface area contributed by atoms with Crippen molar-refractivity contribution in [1.82, 2.24) is 4.72 Å². The third kappa shape index (κ3) is 5.49. The molecule has 1 fully saturated rings. The van der Waals surface area contributed by atoms with Crippen LogP contribution in [-0.2, 0) is 36.1 Å². The second kappa shape index (κ2) is 11.2. The second-order valence-electron chi connectivity index (χ2n) is 11.8. The Labute approximate surface area is 247 Å². The standard InChI is InChI=1S/C31H37ClN2O6S/c1-20-30(35)33-41(36,37)24-9-12-29-27(16-24)34(17-22-7-10-25(22)28(38-2)6-4-14-39-20)18-31(19-40-29)13-3-5-21-15-23(32)8-11-26(21)31/h4,6,8-9,11-12,15-16,20,22,25,28H,3,5,7,10,13-14,17-19H2,1-2H3,(H,33,35)/t20-,22+,25-,28-,31+/m1/s1. The number of anilines is 1. The van der Waals surface area contributed by atoms with Crippen LogP contribution in [0, 0.1) is 11.8 Å². The van der Waals surface area contributed by atoms with Gasteiger partial charge in [0, 0.05) is 30.6 Å². The number of amides is 1. The fourth-order valence-corrected chi connectivity index (χ4v) is 8.19. The summed E-state index contributed by atoms with van der Waals surface area (Å²) in [7, 11) is -2.40. The van der Waals surface area contributed by atoms with Crippen LogP contribution in [0.3, 0.4) is 0 Å². The highest BCUT2D eigenvalue weighted by Gasteiger charge is 2.44. The van der Waals surface area contributed by atoms with Crippen molar-refractivity contribution in [3.8, 4) is 5.75 Å². The Bertz CT molecular complexity index is 1460. The zero-order valence-electron chi connectivity index (χ0n) is 23.5. The van der Waals surface area contributed by atoms with Gasteiger partial charge in [-0.3, -0.25) is 4.79 Å². The molecule has 0 radical (unpaired) electrons. The fourth-order valence-electron chi connectivity index (χ4n) is 6.93. The van der Waals surface area contributed by atoms with Gasteiger partial charge in [0.2, 0.25) is 0 Å². The van der Waals surface area contributed by atoms with E-state index in [1.807, 2.05) is 18.2 Å². The third-order valence-electron chi connectivity index (χ3n) is 9.32. The van der Waals surface area contributed by atoms with E-state index < -0.39 is 22.0 Å². The molecule has 1 N–H and O–H groups in total. The minimum absolute atomic E-state index is 0.0177. The lowest BCUT2D eigenvalue weighted by Crippen LogP contribution is -2.49. The number of halogens is 1. The largest absolute Gasteiger partial charge is 0.490 e. The number of rotatable bonds is 1. The average molecular weight is 601 g/mol. The van der Waals surface area contributed by atoms with E-state index in [2.05, 4.69) is 21.8 Å². The van der Waals surface area contributed by atoms with Gasteiger partial charge in [-0.1, -0.05) is 29.8 Å². The van der Waals surface area contributed by atoms with E-state index in [4.69, 9.17) is 25.8 Å². The first-order valence-corrected chi connectivity index (χ1v) is 16.2. The SMILES string of the molecule is CO[C@@H]1C=CCO[C@H](C)C(=O)NS(=O)(=O)c2ccc3c(c2)N(C[C@@H]2CC[C@H]21)C[C@@]1(CCCc2cc(Cl)ccc21)CO3. The predicted octanol–water partition coefficient (Wildman–Crippen LogP) is 4.63. The van der Waals surface area contributed by atoms with Gasteiger partial charge in [-0.15, -0.1) is 0 Å². The number of fused-ring (bicyclic) bond motifs is 4. The molecule has 2 heterocycles. The summed E-state index contributed by atoms with van der Waals surface area (Å²) in [6, 6.07) is 11.0. The number of methoxy groups -OCH3 is 1. The Morgan fingerprint density at radius 3 is 2.80 bits per heavy atom. The molecule has 2 aromatic carbocycles. The molecule has 1 amide bonds. The van der Waals surface area contributed by atoms with Gasteiger partial charge < -0.3 is 19.1 Å². The van der Waals surface area contributed by atoms with Gasteiger partial charge in [0.25, 0.3) is 15.9 Å². The molecular weight excluding hydrogens is 564 g/mol. The summed E-state index contributed by atoms with van der Waals surface area (Å²) in [5.74, 6) is 0.601. The van der Waals surface area contributed by atoms with Crippen LogP contribution in [0.2, 0.25) is 5.02 Å². The molecule has 0 aromatic heterocycles. The number of ether oxygens (including phenoxy) is 3. The summed E-state index contributed by atoms with van der Waals surface area (Å²) in [6.07, 6.45) is 7.91. The predicted molar refractivity (Wildman–Crippen MR) is 157 cm³/mol. The van der Waals surface area contributed by atoms with Crippen molar-refractivity contribution in [2.24, 2.45) is 11.8 Å². The van der Waals surface area contributed by atoms with Crippen molar-refractivity contribution < 1.29 is 27.4 Å². The Morgan fingerprint density at radius 1 is 1.17 bits per heavy atom. The first-order chi connectivity index (χ1) is 19.7. The number of hydrogen-bond donors (Lipinski definition) is 1. The molecule has 10 heteroatoms. The Kier molecular flexibility index (Phi) is 7.82. The van der Waals surface area contributed by atoms with E-state index in [1.54, 1.807) is 26.2 Å². The van der Waals surface area contributed by atoms with Gasteiger partial charge in [-0.25, -0.2) is 13.1 Å². The number of benzene rings is 2. The molecule has 5 atom stereocenters. The van der Waals surface area contributed by atoms with Gasteiger partial charge in [-0.05, 0) is 92.3 Å². The summed E-state index contributed by atoms with van der Waals surface area (Å²) in [4.78, 5) is 15.1. The maximum atomic E-state index is 13.3. The molecule has 2 aliphatic carbocycles. The summed E-state index contributed by atoms with van der Waals surface area (Å²) in [6.45, 7) is 3.63. The van der Waals surface area contributed by atoms with E-state index in [0.717, 1.165) is 49.4 Å². The van der Waals surface area contributed by atoms with Crippen LogP contribution in [0.25, 0.3) is 0 Å². The summed E-state index contributed by atoms with van der Waals surface area (Å²) >= 11 is 6.38. The van der Waals surface area contributed by atoms with Crippen molar-refractivity contribution in [3.63, 3.8) is 0 Å². The van der Waals surface area contributed by atoms with E-state index in [0.29, 0.717) is 30.7 Å². The molecular formula is C31H37ClN2O6S. The zero-order chi connectivity index (χ0) is 28.8. The smallest absolute Gasteiger partial charge is 0.264 e. The molecule has 2 bridgehead atoms. The maximum Gasteiger partial charge on any atom is 0.264 e. The Hall–Kier alpha value is -2.59. The number of sulfonamides is 1. The minimum atomic E-state index is -4.13. The van der Waals surface area contributed by atoms with Crippen molar-refractivity contribution >= 4 is 33.2 Å². The molecule has 41 heavy (non-hydrogen) atoms. The van der Waals surface area contributed by atoms with Gasteiger partial charge in [0.1, 0.15) is 11.9 Å². The molecule has 6 rings (SSSR count). The van der Waals surface area contributed by atoms with Gasteiger partial charge in [-0.2, -0.15) is 0 Å². The lowest BCUT2D eigenvalue weighted by Gasteiger charge is -2.46. The Morgan fingerprint density at radius 2 is 2.02 bits per heavy atom. The molecule has 4 aliphatic rings. The van der Waals surface area contributed by atoms with E-state index in [1.165, 1.54) is 17.2 Å². The fraction of sp³-hybridized carbons (Fsp3) is 0.516. The lowest BCUT2D eigenvalue weighted by atomic mass is 9.68. The zero-order valence-corrected chi connectivity index (χ0v) is 25.0. The normalized spacial score (nSPS) is 31.2.